The molecule has 0 aliphatic carbocycles. The minimum Gasteiger partial charge on any atom is -0.494 e. The van der Waals surface area contributed by atoms with E-state index < -0.39 is 0 Å². The van der Waals surface area contributed by atoms with E-state index in [9.17, 15) is 5.26 Å². The SMILES string of the molecule is COc1c(N)cccc1/C=C(\C#N)N(N)C1CCOCC1. The van der Waals surface area contributed by atoms with Crippen LogP contribution >= 0.6 is 0 Å². The molecular formula is C15H20N4O2. The zero-order chi connectivity index (χ0) is 15.2. The molecule has 112 valence electrons. The number of allylic oxidation sites excluding steroid dienone is 1. The highest BCUT2D eigenvalue weighted by Crippen LogP contribution is 2.28. The normalized spacial score (nSPS) is 16.3. The second-order valence-electron chi connectivity index (χ2n) is 4.86. The first-order valence-electron chi connectivity index (χ1n) is 6.83. The summed E-state index contributed by atoms with van der Waals surface area (Å²) in [6.45, 7) is 1.33. The zero-order valence-electron chi connectivity index (χ0n) is 12.1. The van der Waals surface area contributed by atoms with Crippen molar-refractivity contribution in [2.24, 2.45) is 5.84 Å². The molecule has 1 aromatic carbocycles. The first-order chi connectivity index (χ1) is 10.2. The fourth-order valence-electron chi connectivity index (χ4n) is 2.39. The van der Waals surface area contributed by atoms with Gasteiger partial charge in [-0.25, -0.2) is 5.84 Å². The molecule has 6 heteroatoms. The van der Waals surface area contributed by atoms with E-state index in [-0.39, 0.29) is 6.04 Å². The Morgan fingerprint density at radius 2 is 2.19 bits per heavy atom. The van der Waals surface area contributed by atoms with Gasteiger partial charge in [-0.05, 0) is 25.0 Å². The van der Waals surface area contributed by atoms with Gasteiger partial charge in [0.1, 0.15) is 17.5 Å². The number of anilines is 1. The van der Waals surface area contributed by atoms with Crippen molar-refractivity contribution in [3.63, 3.8) is 0 Å². The molecule has 0 unspecified atom stereocenters. The maximum Gasteiger partial charge on any atom is 0.149 e. The van der Waals surface area contributed by atoms with Gasteiger partial charge in [-0.2, -0.15) is 5.26 Å². The number of nitrogen functional groups attached to an aromatic ring is 1. The number of rotatable bonds is 4. The molecule has 1 heterocycles. The van der Waals surface area contributed by atoms with Crippen LogP contribution in [0.3, 0.4) is 0 Å². The van der Waals surface area contributed by atoms with Crippen LogP contribution in [0, 0.1) is 11.3 Å². The van der Waals surface area contributed by atoms with Gasteiger partial charge in [-0.15, -0.1) is 0 Å². The number of nitrogens with zero attached hydrogens (tertiary/aromatic N) is 2. The summed E-state index contributed by atoms with van der Waals surface area (Å²) in [6, 6.07) is 7.65. The summed E-state index contributed by atoms with van der Waals surface area (Å²) in [5, 5.41) is 10.9. The van der Waals surface area contributed by atoms with E-state index in [1.165, 1.54) is 5.01 Å². The minimum absolute atomic E-state index is 0.108. The quantitative estimate of drug-likeness (QED) is 0.377. The predicted octanol–water partition coefficient (Wildman–Crippen LogP) is 1.50. The summed E-state index contributed by atoms with van der Waals surface area (Å²) in [5.41, 5.74) is 7.51. The molecule has 0 radical (unpaired) electrons. The number of hydrogen-bond donors (Lipinski definition) is 2. The van der Waals surface area contributed by atoms with Gasteiger partial charge in [-0.3, -0.25) is 5.01 Å². The largest absolute Gasteiger partial charge is 0.494 e. The number of nitriles is 1. The molecule has 2 rings (SSSR count). The van der Waals surface area contributed by atoms with E-state index in [2.05, 4.69) is 6.07 Å². The molecule has 4 N–H and O–H groups in total. The van der Waals surface area contributed by atoms with Crippen LogP contribution in [0.5, 0.6) is 5.75 Å². The molecule has 0 bridgehead atoms. The van der Waals surface area contributed by atoms with Gasteiger partial charge in [-0.1, -0.05) is 12.1 Å². The Labute approximate surface area is 124 Å². The maximum atomic E-state index is 9.38. The number of benzene rings is 1. The Morgan fingerprint density at radius 3 is 2.81 bits per heavy atom. The number of methoxy groups -OCH3 is 1. The van der Waals surface area contributed by atoms with Crippen LogP contribution in [0.1, 0.15) is 18.4 Å². The third kappa shape index (κ3) is 3.45. The summed E-state index contributed by atoms with van der Waals surface area (Å²) >= 11 is 0. The molecule has 21 heavy (non-hydrogen) atoms. The van der Waals surface area contributed by atoms with E-state index in [1.807, 2.05) is 12.1 Å². The van der Waals surface area contributed by atoms with Gasteiger partial charge < -0.3 is 15.2 Å². The Morgan fingerprint density at radius 1 is 1.48 bits per heavy atom. The summed E-state index contributed by atoms with van der Waals surface area (Å²) in [6.07, 6.45) is 3.32. The fourth-order valence-corrected chi connectivity index (χ4v) is 2.39. The van der Waals surface area contributed by atoms with Crippen molar-refractivity contribution in [2.75, 3.05) is 26.1 Å². The average molecular weight is 288 g/mol. The van der Waals surface area contributed by atoms with Gasteiger partial charge in [0.15, 0.2) is 0 Å². The summed E-state index contributed by atoms with van der Waals surface area (Å²) in [7, 11) is 1.55. The van der Waals surface area contributed by atoms with Crippen molar-refractivity contribution in [3.05, 3.63) is 29.5 Å². The molecule has 6 nitrogen and oxygen atoms in total. The van der Waals surface area contributed by atoms with Crippen molar-refractivity contribution in [1.82, 2.24) is 5.01 Å². The molecule has 0 saturated carbocycles. The monoisotopic (exact) mass is 288 g/mol. The van der Waals surface area contributed by atoms with Crippen molar-refractivity contribution < 1.29 is 9.47 Å². The lowest BCUT2D eigenvalue weighted by molar-refractivity contribution is 0.0473. The Bertz CT molecular complexity index is 559. The third-order valence-corrected chi connectivity index (χ3v) is 3.55. The van der Waals surface area contributed by atoms with E-state index in [1.54, 1.807) is 19.3 Å². The maximum absolute atomic E-state index is 9.38. The molecule has 0 atom stereocenters. The average Bonchev–Trinajstić information content (AvgIpc) is 2.53. The van der Waals surface area contributed by atoms with E-state index in [0.717, 1.165) is 18.4 Å². The molecule has 0 amide bonds. The van der Waals surface area contributed by atoms with E-state index in [0.29, 0.717) is 30.3 Å². The van der Waals surface area contributed by atoms with Gasteiger partial charge in [0.05, 0.1) is 18.8 Å². The van der Waals surface area contributed by atoms with Crippen LogP contribution in [-0.4, -0.2) is 31.4 Å². The van der Waals surface area contributed by atoms with E-state index >= 15 is 0 Å². The molecule has 0 aromatic heterocycles. The Balaban J connectivity index is 2.28. The summed E-state index contributed by atoms with van der Waals surface area (Å²) in [5.74, 6) is 6.64. The van der Waals surface area contributed by atoms with Crippen molar-refractivity contribution in [2.45, 2.75) is 18.9 Å². The standard InChI is InChI=1S/C15H20N4O2/c1-20-15-11(3-2-4-14(15)17)9-13(10-16)19(18)12-5-7-21-8-6-12/h2-4,9,12H,5-8,17-18H2,1H3/b13-9+. The molecule has 1 aliphatic heterocycles. The summed E-state index contributed by atoms with van der Waals surface area (Å²) in [4.78, 5) is 0. The van der Waals surface area contributed by atoms with Crippen LogP contribution < -0.4 is 16.3 Å². The van der Waals surface area contributed by atoms with Crippen LogP contribution in [-0.2, 0) is 4.74 Å². The fraction of sp³-hybridized carbons (Fsp3) is 0.400. The number of ether oxygens (including phenoxy) is 2. The molecule has 1 aliphatic rings. The number of hydrogen-bond acceptors (Lipinski definition) is 6. The van der Waals surface area contributed by atoms with Gasteiger partial charge in [0.25, 0.3) is 0 Å². The predicted molar refractivity (Wildman–Crippen MR) is 80.9 cm³/mol. The highest BCUT2D eigenvalue weighted by Gasteiger charge is 2.21. The second-order valence-corrected chi connectivity index (χ2v) is 4.86. The van der Waals surface area contributed by atoms with Crippen LogP contribution in [0.4, 0.5) is 5.69 Å². The number of hydrazine groups is 1. The van der Waals surface area contributed by atoms with Crippen molar-refractivity contribution in [3.8, 4) is 11.8 Å². The Hall–Kier alpha value is -2.23. The lowest BCUT2D eigenvalue weighted by atomic mass is 10.1. The van der Waals surface area contributed by atoms with Crippen LogP contribution in [0.15, 0.2) is 23.9 Å². The molecule has 1 fully saturated rings. The zero-order valence-corrected chi connectivity index (χ0v) is 12.1. The van der Waals surface area contributed by atoms with Crippen LogP contribution in [0.2, 0.25) is 0 Å². The van der Waals surface area contributed by atoms with Gasteiger partial charge >= 0.3 is 0 Å². The second kappa shape index (κ2) is 6.97. The van der Waals surface area contributed by atoms with Crippen molar-refractivity contribution >= 4 is 11.8 Å². The smallest absolute Gasteiger partial charge is 0.149 e. The van der Waals surface area contributed by atoms with Gasteiger partial charge in [0.2, 0.25) is 0 Å². The van der Waals surface area contributed by atoms with Crippen LogP contribution in [0.25, 0.3) is 6.08 Å². The molecule has 1 aromatic rings. The molecular weight excluding hydrogens is 268 g/mol. The summed E-state index contributed by atoms with van der Waals surface area (Å²) < 4.78 is 10.6. The highest BCUT2D eigenvalue weighted by atomic mass is 16.5. The third-order valence-electron chi connectivity index (χ3n) is 3.55. The number of para-hydroxylation sites is 1. The Kier molecular flexibility index (Phi) is 5.04. The molecule has 1 saturated heterocycles. The lowest BCUT2D eigenvalue weighted by Gasteiger charge is -2.31. The topological polar surface area (TPSA) is 97.5 Å². The van der Waals surface area contributed by atoms with E-state index in [4.69, 9.17) is 21.1 Å². The highest BCUT2D eigenvalue weighted by molar-refractivity contribution is 5.69. The van der Waals surface area contributed by atoms with Gasteiger partial charge in [0, 0.05) is 18.8 Å². The first-order valence-corrected chi connectivity index (χ1v) is 6.83. The molecule has 0 spiro atoms. The van der Waals surface area contributed by atoms with Crippen molar-refractivity contribution in [1.29, 1.82) is 5.26 Å². The lowest BCUT2D eigenvalue weighted by Crippen LogP contribution is -2.43. The minimum atomic E-state index is 0.108. The number of nitrogens with two attached hydrogens (primary N) is 2. The first kappa shape index (κ1) is 15.2.